The maximum absolute atomic E-state index is 13.7. The van der Waals surface area contributed by atoms with Crippen molar-refractivity contribution in [2.75, 3.05) is 14.2 Å². The zero-order chi connectivity index (χ0) is 49.3. The van der Waals surface area contributed by atoms with Gasteiger partial charge in [0, 0.05) is 0 Å². The van der Waals surface area contributed by atoms with Gasteiger partial charge in [-0.2, -0.15) is 86.4 Å². The lowest BCUT2D eigenvalue weighted by atomic mass is 9.67. The monoisotopic (exact) mass is 1030 g/mol. The summed E-state index contributed by atoms with van der Waals surface area (Å²) in [6.45, 7) is 0. The Hall–Kier alpha value is -6.02. The third-order valence-electron chi connectivity index (χ3n) is 8.66. The quantitative estimate of drug-likeness (QED) is 0.0560. The molecule has 4 aromatic rings. The SMILES string of the molecule is COC(=O)c1ccc2c(c1)C(c1ccc(OS(=O)(=O)C(F)(F)F)c(OS(=O)(=O)C(F)(F)F)c1)(c1ccc(OS(=O)(=O)C(F)(F)F)c(OS(=O)(=O)C(F)(F)F)c1)c1cc(C(=O)OC)ccc1-2. The van der Waals surface area contributed by atoms with Gasteiger partial charge in [-0.3, -0.25) is 0 Å². The first kappa shape index (κ1) is 50.0. The number of hydrogen-bond acceptors (Lipinski definition) is 16. The molecule has 0 amide bonds. The van der Waals surface area contributed by atoms with Crippen LogP contribution in [0.25, 0.3) is 11.1 Å². The predicted octanol–water partition coefficient (Wildman–Crippen LogP) is 6.54. The van der Waals surface area contributed by atoms with Crippen molar-refractivity contribution >= 4 is 52.4 Å². The highest BCUT2D eigenvalue weighted by atomic mass is 32.2. The molecule has 0 aromatic heterocycles. The van der Waals surface area contributed by atoms with Gasteiger partial charge in [-0.1, -0.05) is 24.3 Å². The van der Waals surface area contributed by atoms with E-state index in [1.165, 1.54) is 0 Å². The molecule has 0 atom stereocenters. The number of carbonyl (C=O) groups excluding carboxylic acids is 2. The van der Waals surface area contributed by atoms with Crippen LogP contribution in [0.4, 0.5) is 52.7 Å². The van der Waals surface area contributed by atoms with E-state index < -0.39 is 136 Å². The molecular formula is C33H18F12O16S4. The van der Waals surface area contributed by atoms with Gasteiger partial charge in [0.25, 0.3) is 0 Å². The second-order valence-electron chi connectivity index (χ2n) is 12.5. The summed E-state index contributed by atoms with van der Waals surface area (Å²) in [5.74, 6) is -10.6. The van der Waals surface area contributed by atoms with Gasteiger partial charge < -0.3 is 26.2 Å². The number of ether oxygens (including phenoxy) is 2. The molecule has 0 bridgehead atoms. The fraction of sp³-hybridized carbons (Fsp3) is 0.212. The lowest BCUT2D eigenvalue weighted by Crippen LogP contribution is -2.32. The van der Waals surface area contributed by atoms with Crippen LogP contribution in [0.15, 0.2) is 72.8 Å². The summed E-state index contributed by atoms with van der Waals surface area (Å²) < 4.78 is 286. The molecule has 1 aliphatic rings. The van der Waals surface area contributed by atoms with E-state index in [0.717, 1.165) is 50.6 Å². The Kier molecular flexibility index (Phi) is 12.4. The van der Waals surface area contributed by atoms with Crippen LogP contribution >= 0.6 is 0 Å². The molecule has 65 heavy (non-hydrogen) atoms. The van der Waals surface area contributed by atoms with Gasteiger partial charge >= 0.3 is 74.4 Å². The van der Waals surface area contributed by atoms with Crippen molar-refractivity contribution in [1.82, 2.24) is 0 Å². The van der Waals surface area contributed by atoms with Crippen LogP contribution in [0.3, 0.4) is 0 Å². The van der Waals surface area contributed by atoms with E-state index in [-0.39, 0.29) is 35.4 Å². The van der Waals surface area contributed by atoms with Crippen LogP contribution in [0.5, 0.6) is 23.0 Å². The van der Waals surface area contributed by atoms with Crippen molar-refractivity contribution < 1.29 is 122 Å². The summed E-state index contributed by atoms with van der Waals surface area (Å²) in [5.41, 5.74) is -33.0. The Bertz CT molecular complexity index is 2860. The molecule has 354 valence electrons. The van der Waals surface area contributed by atoms with Gasteiger partial charge in [0.2, 0.25) is 0 Å². The van der Waals surface area contributed by atoms with Crippen molar-refractivity contribution in [1.29, 1.82) is 0 Å². The molecular weight excluding hydrogens is 1010 g/mol. The summed E-state index contributed by atoms with van der Waals surface area (Å²) in [6.07, 6.45) is 0. The highest BCUT2D eigenvalue weighted by Gasteiger charge is 2.54. The fourth-order valence-corrected chi connectivity index (χ4v) is 7.87. The normalized spacial score (nSPS) is 14.4. The highest BCUT2D eigenvalue weighted by Crippen LogP contribution is 2.59. The first-order valence-corrected chi connectivity index (χ1v) is 21.9. The van der Waals surface area contributed by atoms with E-state index in [0.29, 0.717) is 12.1 Å². The number of halogens is 12. The topological polar surface area (TPSA) is 226 Å². The first-order valence-electron chi connectivity index (χ1n) is 16.2. The van der Waals surface area contributed by atoms with E-state index in [1.54, 1.807) is 0 Å². The zero-order valence-corrected chi connectivity index (χ0v) is 34.4. The second kappa shape index (κ2) is 16.1. The zero-order valence-electron chi connectivity index (χ0n) is 31.1. The molecule has 0 heterocycles. The number of rotatable bonds is 12. The Morgan fingerprint density at radius 1 is 0.415 bits per heavy atom. The van der Waals surface area contributed by atoms with Crippen LogP contribution in [-0.2, 0) is 55.4 Å². The summed E-state index contributed by atoms with van der Waals surface area (Å²) in [5, 5.41) is 0. The molecule has 0 unspecified atom stereocenters. The van der Waals surface area contributed by atoms with E-state index in [9.17, 15) is 95.9 Å². The standard InChI is InChI=1S/C33H18F12O16S4/c1-56-27(46)15-3-7-19-20-8-4-16(28(47)57-2)12-22(20)29(21(19)11-15,17-5-9-23(58-62(48,49)30(34,35)36)25(13-17)60-64(52,53)32(40,41)42)18-6-10-24(59-63(50,51)31(37,38)39)26(14-18)61-65(54,55)33(43,44)45/h3-14H,1-2H3. The van der Waals surface area contributed by atoms with Crippen LogP contribution in [-0.4, -0.2) is 81.9 Å². The minimum atomic E-state index is -7.07. The van der Waals surface area contributed by atoms with Crippen LogP contribution in [0, 0.1) is 0 Å². The van der Waals surface area contributed by atoms with Crippen molar-refractivity contribution in [2.24, 2.45) is 0 Å². The molecule has 16 nitrogen and oxygen atoms in total. The van der Waals surface area contributed by atoms with E-state index in [2.05, 4.69) is 16.7 Å². The summed E-state index contributed by atoms with van der Waals surface area (Å²) in [4.78, 5) is 25.8. The number of alkyl halides is 12. The van der Waals surface area contributed by atoms with Gasteiger partial charge in [0.1, 0.15) is 0 Å². The van der Waals surface area contributed by atoms with Crippen LogP contribution < -0.4 is 16.7 Å². The Morgan fingerprint density at radius 3 is 0.954 bits per heavy atom. The number of carbonyl (C=O) groups is 2. The second-order valence-corrected chi connectivity index (χ2v) is 18.7. The molecule has 0 spiro atoms. The van der Waals surface area contributed by atoms with Gasteiger partial charge in [-0.15, -0.1) is 0 Å². The Labute approximate surface area is 355 Å². The van der Waals surface area contributed by atoms with Crippen LogP contribution in [0.1, 0.15) is 43.0 Å². The van der Waals surface area contributed by atoms with Gasteiger partial charge in [-0.05, 0) is 81.9 Å². The smallest absolute Gasteiger partial charge is 0.465 e. The van der Waals surface area contributed by atoms with E-state index in [1.807, 2.05) is 0 Å². The third-order valence-corrected chi connectivity index (χ3v) is 12.5. The van der Waals surface area contributed by atoms with E-state index >= 15 is 0 Å². The molecule has 5 rings (SSSR count). The summed E-state index contributed by atoms with van der Waals surface area (Å²) in [6, 6.07) is 6.81. The first-order chi connectivity index (χ1) is 29.5. The minimum Gasteiger partial charge on any atom is -0.465 e. The largest absolute Gasteiger partial charge is 0.534 e. The number of esters is 2. The molecule has 32 heteroatoms. The third kappa shape index (κ3) is 9.01. The minimum absolute atomic E-state index is 0.0184. The van der Waals surface area contributed by atoms with Crippen LogP contribution in [0.2, 0.25) is 0 Å². The van der Waals surface area contributed by atoms with Gasteiger partial charge in [-0.25, -0.2) is 9.59 Å². The summed E-state index contributed by atoms with van der Waals surface area (Å²) >= 11 is 0. The summed E-state index contributed by atoms with van der Waals surface area (Å²) in [7, 11) is -26.3. The van der Waals surface area contributed by atoms with Crippen molar-refractivity contribution in [3.63, 3.8) is 0 Å². The van der Waals surface area contributed by atoms with Crippen molar-refractivity contribution in [2.45, 2.75) is 27.4 Å². The molecule has 4 aromatic carbocycles. The molecule has 0 N–H and O–H groups in total. The van der Waals surface area contributed by atoms with Crippen molar-refractivity contribution in [3.05, 3.63) is 106 Å². The Morgan fingerprint density at radius 2 is 0.692 bits per heavy atom. The lowest BCUT2D eigenvalue weighted by molar-refractivity contribution is -0.0513. The fourth-order valence-electron chi connectivity index (χ4n) is 6.01. The molecule has 0 aliphatic heterocycles. The Balaban J connectivity index is 2.07. The van der Waals surface area contributed by atoms with Gasteiger partial charge in [0.05, 0.1) is 30.8 Å². The predicted molar refractivity (Wildman–Crippen MR) is 189 cm³/mol. The maximum atomic E-state index is 13.7. The number of fused-ring (bicyclic) bond motifs is 3. The molecule has 0 saturated heterocycles. The number of hydrogen-bond donors (Lipinski definition) is 0. The average Bonchev–Trinajstić information content (AvgIpc) is 3.46. The molecule has 1 aliphatic carbocycles. The average molecular weight is 1030 g/mol. The maximum Gasteiger partial charge on any atom is 0.534 e. The van der Waals surface area contributed by atoms with Gasteiger partial charge in [0.15, 0.2) is 23.0 Å². The van der Waals surface area contributed by atoms with E-state index in [4.69, 9.17) is 9.47 Å². The number of benzene rings is 4. The molecule has 0 saturated carbocycles. The highest BCUT2D eigenvalue weighted by molar-refractivity contribution is 7.88. The van der Waals surface area contributed by atoms with Crippen molar-refractivity contribution in [3.8, 4) is 34.1 Å². The molecule has 0 fully saturated rings. The number of methoxy groups -OCH3 is 2. The molecule has 0 radical (unpaired) electrons. The lowest BCUT2D eigenvalue weighted by Gasteiger charge is -2.35.